The van der Waals surface area contributed by atoms with Crippen LogP contribution in [0, 0.1) is 5.82 Å². The highest BCUT2D eigenvalue weighted by molar-refractivity contribution is 5.89. The van der Waals surface area contributed by atoms with Crippen molar-refractivity contribution in [1.29, 1.82) is 0 Å². The van der Waals surface area contributed by atoms with Crippen molar-refractivity contribution in [2.45, 2.75) is 25.7 Å². The van der Waals surface area contributed by atoms with Crippen LogP contribution in [0.1, 0.15) is 22.7 Å². The van der Waals surface area contributed by atoms with Crippen LogP contribution in [0.4, 0.5) is 4.39 Å². The lowest BCUT2D eigenvalue weighted by Gasteiger charge is -2.32. The van der Waals surface area contributed by atoms with Crippen molar-refractivity contribution in [1.82, 2.24) is 25.2 Å². The van der Waals surface area contributed by atoms with Crippen LogP contribution in [0.3, 0.4) is 0 Å². The highest BCUT2D eigenvalue weighted by atomic mass is 19.1. The van der Waals surface area contributed by atoms with E-state index in [0.717, 1.165) is 11.1 Å². The van der Waals surface area contributed by atoms with Crippen molar-refractivity contribution in [2.24, 2.45) is 0 Å². The minimum absolute atomic E-state index is 0.101. The molecule has 0 aliphatic rings. The number of rotatable bonds is 9. The molecule has 1 heterocycles. The molecule has 5 aromatic rings. The smallest absolute Gasteiger partial charge is 0.247 e. The summed E-state index contributed by atoms with van der Waals surface area (Å²) < 4.78 is 16.7. The molecular weight excluding hydrogens is 481 g/mol. The summed E-state index contributed by atoms with van der Waals surface area (Å²) in [5.41, 5.74) is 3.16. The lowest BCUT2D eigenvalue weighted by Crippen LogP contribution is -2.44. The summed E-state index contributed by atoms with van der Waals surface area (Å²) in [6, 6.07) is 30.9. The molecule has 2 amide bonds. The van der Waals surface area contributed by atoms with Crippen LogP contribution < -0.4 is 5.32 Å². The van der Waals surface area contributed by atoms with Gasteiger partial charge in [-0.1, -0.05) is 96.2 Å². The molecular formula is C30H26FN5O2. The van der Waals surface area contributed by atoms with Crippen LogP contribution in [-0.4, -0.2) is 31.7 Å². The Hall–Kier alpha value is -4.85. The monoisotopic (exact) mass is 507 g/mol. The van der Waals surface area contributed by atoms with Crippen molar-refractivity contribution < 1.29 is 14.0 Å². The van der Waals surface area contributed by atoms with Crippen molar-refractivity contribution in [3.63, 3.8) is 0 Å². The van der Waals surface area contributed by atoms with Crippen LogP contribution in [0.2, 0.25) is 0 Å². The Kier molecular flexibility index (Phi) is 7.49. The highest BCUT2D eigenvalue weighted by Crippen LogP contribution is 2.27. The van der Waals surface area contributed by atoms with E-state index in [4.69, 9.17) is 0 Å². The van der Waals surface area contributed by atoms with Crippen LogP contribution in [-0.2, 0) is 29.2 Å². The van der Waals surface area contributed by atoms with Gasteiger partial charge in [-0.3, -0.25) is 9.59 Å². The lowest BCUT2D eigenvalue weighted by molar-refractivity contribution is -0.142. The summed E-state index contributed by atoms with van der Waals surface area (Å²) in [5, 5.41) is 11.2. The molecule has 0 aliphatic carbocycles. The molecule has 8 heteroatoms. The van der Waals surface area contributed by atoms with Gasteiger partial charge in [0.05, 0.1) is 5.52 Å². The fourth-order valence-corrected chi connectivity index (χ4v) is 4.39. The average molecular weight is 508 g/mol. The number of amides is 2. The van der Waals surface area contributed by atoms with E-state index in [1.54, 1.807) is 12.1 Å². The zero-order chi connectivity index (χ0) is 26.3. The van der Waals surface area contributed by atoms with Gasteiger partial charge in [-0.15, -0.1) is 5.10 Å². The van der Waals surface area contributed by atoms with Crippen molar-refractivity contribution in [2.75, 3.05) is 0 Å². The van der Waals surface area contributed by atoms with Crippen LogP contribution in [0.15, 0.2) is 109 Å². The number of hydrogen-bond acceptors (Lipinski definition) is 4. The molecule has 190 valence electrons. The number of aromatic nitrogens is 3. The van der Waals surface area contributed by atoms with E-state index < -0.39 is 23.7 Å². The summed E-state index contributed by atoms with van der Waals surface area (Å²) in [5.74, 6) is -1.44. The molecule has 1 atom stereocenters. The van der Waals surface area contributed by atoms with Gasteiger partial charge in [0.1, 0.15) is 23.9 Å². The first-order valence-corrected chi connectivity index (χ1v) is 12.3. The minimum atomic E-state index is -1.21. The molecule has 1 aromatic heterocycles. The Labute approximate surface area is 219 Å². The topological polar surface area (TPSA) is 80.1 Å². The normalized spacial score (nSPS) is 11.7. The standard InChI is InChI=1S/C30H26FN5O2/c31-25-16-8-7-15-24(25)29(30(38)32-19-22-11-3-1-4-12-22)35(20-23-13-5-2-6-14-23)28(37)21-36-27-18-10-9-17-26(27)33-34-36/h1-18,29H,19-21H2,(H,32,38)/t29-/m1/s1. The number of hydrogen-bond donors (Lipinski definition) is 1. The molecule has 38 heavy (non-hydrogen) atoms. The summed E-state index contributed by atoms with van der Waals surface area (Å²) in [4.78, 5) is 29.0. The third kappa shape index (κ3) is 5.59. The molecule has 0 unspecified atom stereocenters. The molecule has 5 rings (SSSR count). The number of halogens is 1. The fourth-order valence-electron chi connectivity index (χ4n) is 4.39. The van der Waals surface area contributed by atoms with E-state index in [0.29, 0.717) is 11.0 Å². The zero-order valence-electron chi connectivity index (χ0n) is 20.6. The molecule has 0 aliphatic heterocycles. The fraction of sp³-hybridized carbons (Fsp3) is 0.133. The van der Waals surface area contributed by atoms with E-state index >= 15 is 4.39 Å². The summed E-state index contributed by atoms with van der Waals surface area (Å²) in [7, 11) is 0. The quantitative estimate of drug-likeness (QED) is 0.315. The van der Waals surface area contributed by atoms with Crippen molar-refractivity contribution in [3.05, 3.63) is 132 Å². The molecule has 0 saturated heterocycles. The molecule has 0 fully saturated rings. The highest BCUT2D eigenvalue weighted by Gasteiger charge is 2.33. The third-order valence-corrected chi connectivity index (χ3v) is 6.29. The van der Waals surface area contributed by atoms with Crippen LogP contribution in [0.5, 0.6) is 0 Å². The summed E-state index contributed by atoms with van der Waals surface area (Å²) in [6.45, 7) is 0.181. The van der Waals surface area contributed by atoms with Gasteiger partial charge < -0.3 is 10.2 Å². The van der Waals surface area contributed by atoms with Gasteiger partial charge >= 0.3 is 0 Å². The maximum Gasteiger partial charge on any atom is 0.247 e. The largest absolute Gasteiger partial charge is 0.350 e. The van der Waals surface area contributed by atoms with Gasteiger partial charge in [-0.2, -0.15) is 0 Å². The average Bonchev–Trinajstić information content (AvgIpc) is 3.36. The number of carbonyl (C=O) groups is 2. The van der Waals surface area contributed by atoms with E-state index in [-0.39, 0.29) is 25.2 Å². The molecule has 4 aromatic carbocycles. The second-order valence-electron chi connectivity index (χ2n) is 8.87. The number of nitrogens with one attached hydrogen (secondary N) is 1. The Bertz CT molecular complexity index is 1540. The molecule has 0 bridgehead atoms. The maximum atomic E-state index is 15.2. The van der Waals surface area contributed by atoms with Gasteiger partial charge in [-0.05, 0) is 29.3 Å². The Morgan fingerprint density at radius 2 is 1.45 bits per heavy atom. The first-order valence-electron chi connectivity index (χ1n) is 12.3. The Morgan fingerprint density at radius 1 is 0.816 bits per heavy atom. The summed E-state index contributed by atoms with van der Waals surface area (Å²) >= 11 is 0. The maximum absolute atomic E-state index is 15.2. The molecule has 7 nitrogen and oxygen atoms in total. The SMILES string of the molecule is O=C(NCc1ccccc1)[C@@H](c1ccccc1F)N(Cc1ccccc1)C(=O)Cn1nnc2ccccc21. The second-order valence-corrected chi connectivity index (χ2v) is 8.87. The van der Waals surface area contributed by atoms with Gasteiger partial charge in [0, 0.05) is 18.7 Å². The van der Waals surface area contributed by atoms with Crippen molar-refractivity contribution in [3.8, 4) is 0 Å². The third-order valence-electron chi connectivity index (χ3n) is 6.29. The Balaban J connectivity index is 1.52. The first kappa shape index (κ1) is 24.8. The van der Waals surface area contributed by atoms with Gasteiger partial charge in [-0.25, -0.2) is 9.07 Å². The first-order chi connectivity index (χ1) is 18.6. The van der Waals surface area contributed by atoms with E-state index in [1.807, 2.05) is 84.9 Å². The lowest BCUT2D eigenvalue weighted by atomic mass is 10.0. The number of fused-ring (bicyclic) bond motifs is 1. The number of para-hydroxylation sites is 1. The summed E-state index contributed by atoms with van der Waals surface area (Å²) in [6.07, 6.45) is 0. The Morgan fingerprint density at radius 3 is 2.18 bits per heavy atom. The van der Waals surface area contributed by atoms with E-state index in [2.05, 4.69) is 15.6 Å². The number of nitrogens with zero attached hydrogens (tertiary/aromatic N) is 4. The van der Waals surface area contributed by atoms with Crippen molar-refractivity contribution >= 4 is 22.8 Å². The van der Waals surface area contributed by atoms with Crippen LogP contribution >= 0.6 is 0 Å². The zero-order valence-corrected chi connectivity index (χ0v) is 20.6. The molecule has 0 spiro atoms. The molecule has 1 N–H and O–H groups in total. The second kappa shape index (κ2) is 11.5. The van der Waals surface area contributed by atoms with Gasteiger partial charge in [0.2, 0.25) is 11.8 Å². The number of carbonyl (C=O) groups excluding carboxylic acids is 2. The minimum Gasteiger partial charge on any atom is -0.350 e. The van der Waals surface area contributed by atoms with E-state index in [9.17, 15) is 9.59 Å². The van der Waals surface area contributed by atoms with Crippen LogP contribution in [0.25, 0.3) is 11.0 Å². The van der Waals surface area contributed by atoms with E-state index in [1.165, 1.54) is 21.7 Å². The molecule has 0 radical (unpaired) electrons. The molecule has 0 saturated carbocycles. The van der Waals surface area contributed by atoms with Gasteiger partial charge in [0.15, 0.2) is 0 Å². The predicted octanol–water partition coefficient (Wildman–Crippen LogP) is 4.66. The van der Waals surface area contributed by atoms with Gasteiger partial charge in [0.25, 0.3) is 0 Å². The number of benzene rings is 4. The predicted molar refractivity (Wildman–Crippen MR) is 142 cm³/mol.